The smallest absolute Gasteiger partial charge is 0.201 e. The molecule has 0 fully saturated rings. The molecule has 0 saturated heterocycles. The van der Waals surface area contributed by atoms with Crippen molar-refractivity contribution in [1.82, 2.24) is 0 Å². The second-order valence-electron chi connectivity index (χ2n) is 6.97. The Labute approximate surface area is 160 Å². The van der Waals surface area contributed by atoms with Crippen LogP contribution in [0.5, 0.6) is 23.0 Å². The highest BCUT2D eigenvalue weighted by atomic mass is 16.3. The Morgan fingerprint density at radius 1 is 0.929 bits per heavy atom. The standard InChI is InChI=1S/C21H20O7/c1-3-10(5-4-9(2)22)16-15(25)8-13-18(20(16)27)21(28)17-12(19(13)26)6-11(23)7-14(17)24/h6-8,10,23-25,27H,3-5H2,1-2H3. The van der Waals surface area contributed by atoms with Gasteiger partial charge < -0.3 is 25.2 Å². The van der Waals surface area contributed by atoms with Crippen LogP contribution < -0.4 is 0 Å². The average molecular weight is 384 g/mol. The molecular weight excluding hydrogens is 364 g/mol. The Bertz CT molecular complexity index is 1020. The quantitative estimate of drug-likeness (QED) is 0.531. The number of rotatable bonds is 5. The van der Waals surface area contributed by atoms with Crippen LogP contribution in [0.15, 0.2) is 18.2 Å². The zero-order chi connectivity index (χ0) is 20.7. The lowest BCUT2D eigenvalue weighted by Crippen LogP contribution is -2.22. The van der Waals surface area contributed by atoms with Crippen LogP contribution in [-0.2, 0) is 4.79 Å². The van der Waals surface area contributed by atoms with E-state index in [1.54, 1.807) is 0 Å². The number of aromatic hydroxyl groups is 4. The van der Waals surface area contributed by atoms with Crippen LogP contribution in [0.25, 0.3) is 0 Å². The van der Waals surface area contributed by atoms with Gasteiger partial charge in [-0.3, -0.25) is 9.59 Å². The van der Waals surface area contributed by atoms with E-state index in [2.05, 4.69) is 0 Å². The molecule has 0 heterocycles. The van der Waals surface area contributed by atoms with Crippen molar-refractivity contribution in [2.75, 3.05) is 0 Å². The minimum absolute atomic E-state index is 0.0414. The van der Waals surface area contributed by atoms with Crippen molar-refractivity contribution >= 4 is 17.3 Å². The second kappa shape index (κ2) is 6.99. The number of carbonyl (C=O) groups is 3. The Balaban J connectivity index is 2.21. The van der Waals surface area contributed by atoms with Crippen molar-refractivity contribution in [1.29, 1.82) is 0 Å². The highest BCUT2D eigenvalue weighted by molar-refractivity contribution is 6.30. The monoisotopic (exact) mass is 384 g/mol. The first-order chi connectivity index (χ1) is 13.2. The number of benzene rings is 2. The van der Waals surface area contributed by atoms with E-state index < -0.39 is 29.0 Å². The molecule has 28 heavy (non-hydrogen) atoms. The number of phenolic OH excluding ortho intramolecular Hbond substituents is 4. The van der Waals surface area contributed by atoms with Gasteiger partial charge in [0.2, 0.25) is 5.78 Å². The average Bonchev–Trinajstić information content (AvgIpc) is 2.60. The summed E-state index contributed by atoms with van der Waals surface area (Å²) in [6.07, 6.45) is 1.10. The lowest BCUT2D eigenvalue weighted by molar-refractivity contribution is -0.117. The van der Waals surface area contributed by atoms with Gasteiger partial charge in [-0.25, -0.2) is 0 Å². The number of ketones is 3. The number of hydrogen-bond acceptors (Lipinski definition) is 7. The van der Waals surface area contributed by atoms with Crippen LogP contribution in [0.2, 0.25) is 0 Å². The molecule has 7 heteroatoms. The van der Waals surface area contributed by atoms with E-state index in [1.807, 2.05) is 6.92 Å². The third-order valence-corrected chi connectivity index (χ3v) is 5.11. The van der Waals surface area contributed by atoms with Gasteiger partial charge in [-0.15, -0.1) is 0 Å². The number of hydrogen-bond donors (Lipinski definition) is 4. The maximum Gasteiger partial charge on any atom is 0.201 e. The van der Waals surface area contributed by atoms with E-state index in [-0.39, 0.29) is 51.5 Å². The van der Waals surface area contributed by atoms with Crippen LogP contribution >= 0.6 is 0 Å². The van der Waals surface area contributed by atoms with Gasteiger partial charge in [-0.2, -0.15) is 0 Å². The summed E-state index contributed by atoms with van der Waals surface area (Å²) in [6.45, 7) is 3.26. The molecule has 2 aromatic carbocycles. The molecule has 0 aromatic heterocycles. The summed E-state index contributed by atoms with van der Waals surface area (Å²) in [4.78, 5) is 37.1. The molecule has 7 nitrogen and oxygen atoms in total. The largest absolute Gasteiger partial charge is 0.508 e. The van der Waals surface area contributed by atoms with Gasteiger partial charge in [0, 0.05) is 29.2 Å². The summed E-state index contributed by atoms with van der Waals surface area (Å²) in [6, 6.07) is 3.11. The summed E-state index contributed by atoms with van der Waals surface area (Å²) in [5.41, 5.74) is -0.912. The van der Waals surface area contributed by atoms with E-state index >= 15 is 0 Å². The number of Topliss-reactive ketones (excluding diaryl/α,β-unsaturated/α-hetero) is 1. The topological polar surface area (TPSA) is 132 Å². The van der Waals surface area contributed by atoms with Crippen LogP contribution in [-0.4, -0.2) is 37.8 Å². The van der Waals surface area contributed by atoms with Gasteiger partial charge in [0.25, 0.3) is 0 Å². The summed E-state index contributed by atoms with van der Waals surface area (Å²) >= 11 is 0. The molecule has 0 spiro atoms. The van der Waals surface area contributed by atoms with Crippen LogP contribution in [0.3, 0.4) is 0 Å². The first-order valence-electron chi connectivity index (χ1n) is 8.90. The minimum Gasteiger partial charge on any atom is -0.508 e. The Hall–Kier alpha value is -3.35. The molecule has 0 aliphatic heterocycles. The van der Waals surface area contributed by atoms with Gasteiger partial charge in [0.1, 0.15) is 28.8 Å². The third-order valence-electron chi connectivity index (χ3n) is 5.11. The van der Waals surface area contributed by atoms with E-state index in [0.717, 1.165) is 18.2 Å². The molecule has 1 atom stereocenters. The maximum absolute atomic E-state index is 13.0. The van der Waals surface area contributed by atoms with Crippen molar-refractivity contribution in [2.45, 2.75) is 39.0 Å². The minimum atomic E-state index is -0.776. The summed E-state index contributed by atoms with van der Waals surface area (Å²) in [5, 5.41) is 41.0. The van der Waals surface area contributed by atoms with Crippen molar-refractivity contribution in [2.24, 2.45) is 0 Å². The van der Waals surface area contributed by atoms with Crippen molar-refractivity contribution in [3.8, 4) is 23.0 Å². The summed E-state index contributed by atoms with van der Waals surface area (Å²) in [7, 11) is 0. The molecule has 0 radical (unpaired) electrons. The van der Waals surface area contributed by atoms with Crippen LogP contribution in [0.1, 0.15) is 76.4 Å². The SMILES string of the molecule is CCC(CCC(C)=O)c1c(O)cc2c(c1O)C(=O)c1c(O)cc(O)cc1C2=O. The molecule has 2 aromatic rings. The van der Waals surface area contributed by atoms with Crippen molar-refractivity contribution in [3.05, 3.63) is 46.0 Å². The van der Waals surface area contributed by atoms with Gasteiger partial charge in [0.15, 0.2) is 5.78 Å². The lowest BCUT2D eigenvalue weighted by Gasteiger charge is -2.24. The zero-order valence-corrected chi connectivity index (χ0v) is 15.4. The van der Waals surface area contributed by atoms with Crippen LogP contribution in [0, 0.1) is 0 Å². The van der Waals surface area contributed by atoms with Crippen molar-refractivity contribution in [3.63, 3.8) is 0 Å². The zero-order valence-electron chi connectivity index (χ0n) is 15.4. The normalized spacial score (nSPS) is 13.8. The van der Waals surface area contributed by atoms with E-state index in [4.69, 9.17) is 0 Å². The fourth-order valence-corrected chi connectivity index (χ4v) is 3.71. The summed E-state index contributed by atoms with van der Waals surface area (Å²) < 4.78 is 0. The molecule has 1 unspecified atom stereocenters. The molecule has 0 bridgehead atoms. The van der Waals surface area contributed by atoms with Gasteiger partial charge in [-0.1, -0.05) is 6.92 Å². The molecule has 0 amide bonds. The Kier molecular flexibility index (Phi) is 4.85. The molecule has 146 valence electrons. The third kappa shape index (κ3) is 2.98. The second-order valence-corrected chi connectivity index (χ2v) is 6.97. The number of fused-ring (bicyclic) bond motifs is 2. The van der Waals surface area contributed by atoms with Gasteiger partial charge in [-0.05, 0) is 37.8 Å². The molecule has 0 saturated carbocycles. The van der Waals surface area contributed by atoms with E-state index in [0.29, 0.717) is 12.8 Å². The molecule has 1 aliphatic rings. The highest BCUT2D eigenvalue weighted by Crippen LogP contribution is 2.46. The first kappa shape index (κ1) is 19.4. The van der Waals surface area contributed by atoms with Crippen molar-refractivity contribution < 1.29 is 34.8 Å². The van der Waals surface area contributed by atoms with Gasteiger partial charge in [0.05, 0.1) is 11.1 Å². The fraction of sp³-hybridized carbons (Fsp3) is 0.286. The Morgan fingerprint density at radius 2 is 1.57 bits per heavy atom. The van der Waals surface area contributed by atoms with Crippen LogP contribution in [0.4, 0.5) is 0 Å². The van der Waals surface area contributed by atoms with E-state index in [1.165, 1.54) is 6.92 Å². The predicted molar refractivity (Wildman–Crippen MR) is 99.4 cm³/mol. The maximum atomic E-state index is 13.0. The molecule has 3 rings (SSSR count). The highest BCUT2D eigenvalue weighted by Gasteiger charge is 2.37. The lowest BCUT2D eigenvalue weighted by atomic mass is 9.79. The summed E-state index contributed by atoms with van der Waals surface area (Å²) in [5.74, 6) is -3.75. The van der Waals surface area contributed by atoms with Gasteiger partial charge >= 0.3 is 0 Å². The molecular formula is C21H20O7. The number of phenols is 4. The molecule has 1 aliphatic carbocycles. The first-order valence-corrected chi connectivity index (χ1v) is 8.90. The predicted octanol–water partition coefficient (Wildman–Crippen LogP) is 3.15. The van der Waals surface area contributed by atoms with E-state index in [9.17, 15) is 34.8 Å². The Morgan fingerprint density at radius 3 is 2.18 bits per heavy atom. The fourth-order valence-electron chi connectivity index (χ4n) is 3.71. The molecule has 4 N–H and O–H groups in total. The number of carbonyl (C=O) groups excluding carboxylic acids is 3.